The number of rotatable bonds is 6. The predicted molar refractivity (Wildman–Crippen MR) is 90.8 cm³/mol. The summed E-state index contributed by atoms with van der Waals surface area (Å²) in [6.07, 6.45) is 0. The second kappa shape index (κ2) is 7.42. The molecule has 0 aliphatic rings. The summed E-state index contributed by atoms with van der Waals surface area (Å²) in [6, 6.07) is 7.76. The molecule has 0 saturated heterocycles. The van der Waals surface area contributed by atoms with Gasteiger partial charge in [0.2, 0.25) is 0 Å². The van der Waals surface area contributed by atoms with Crippen LogP contribution in [-0.4, -0.2) is 38.6 Å². The van der Waals surface area contributed by atoms with Crippen molar-refractivity contribution in [1.29, 1.82) is 0 Å². The molecule has 0 radical (unpaired) electrons. The Kier molecular flexibility index (Phi) is 5.57. The molecule has 1 atom stereocenters. The molecule has 0 aliphatic carbocycles. The van der Waals surface area contributed by atoms with Crippen molar-refractivity contribution in [2.75, 3.05) is 27.7 Å². The van der Waals surface area contributed by atoms with Crippen LogP contribution in [0.2, 0.25) is 0 Å². The van der Waals surface area contributed by atoms with Gasteiger partial charge in [-0.2, -0.15) is 11.3 Å². The molecule has 1 aromatic heterocycles. The lowest BCUT2D eigenvalue weighted by molar-refractivity contribution is 0.0930. The largest absolute Gasteiger partial charge is 0.497 e. The molecule has 1 aromatic carbocycles. The Bertz CT molecular complexity index is 620. The minimum atomic E-state index is -0.0623. The Morgan fingerprint density at radius 1 is 1.27 bits per heavy atom. The average molecular weight is 318 g/mol. The van der Waals surface area contributed by atoms with Gasteiger partial charge in [0.05, 0.1) is 18.7 Å². The predicted octanol–water partition coefficient (Wildman–Crippen LogP) is 3.10. The minimum absolute atomic E-state index is 0.0265. The third-order valence-electron chi connectivity index (χ3n) is 3.47. The Morgan fingerprint density at radius 3 is 2.45 bits per heavy atom. The fraction of sp³-hybridized carbons (Fsp3) is 0.353. The van der Waals surface area contributed by atoms with E-state index in [1.165, 1.54) is 0 Å². The van der Waals surface area contributed by atoms with Gasteiger partial charge in [-0.25, -0.2) is 0 Å². The molecule has 22 heavy (non-hydrogen) atoms. The Balaban J connectivity index is 2.18. The molecule has 0 spiro atoms. The van der Waals surface area contributed by atoms with Gasteiger partial charge in [0.15, 0.2) is 0 Å². The molecule has 2 rings (SSSR count). The third kappa shape index (κ3) is 4.08. The monoisotopic (exact) mass is 318 g/mol. The summed E-state index contributed by atoms with van der Waals surface area (Å²) in [5.74, 6) is 0.786. The number of nitrogens with zero attached hydrogens (tertiary/aromatic N) is 1. The molecule has 4 nitrogen and oxygen atoms in total. The number of carbonyl (C=O) groups excluding carboxylic acids is 1. The molecular weight excluding hydrogens is 296 g/mol. The standard InChI is InChI=1S/C17H22N2O2S/c1-12-10-22-11-15(12)17(20)18-16(9-19(2)3)13-5-7-14(21-4)8-6-13/h5-8,10-11,16H,9H2,1-4H3,(H,18,20)/t16-/m1/s1. The highest BCUT2D eigenvalue weighted by Gasteiger charge is 2.18. The molecule has 5 heteroatoms. The summed E-state index contributed by atoms with van der Waals surface area (Å²) in [5.41, 5.74) is 2.83. The molecule has 2 aromatic rings. The summed E-state index contributed by atoms with van der Waals surface area (Å²) in [6.45, 7) is 2.70. The van der Waals surface area contributed by atoms with Crippen LogP contribution in [0.4, 0.5) is 0 Å². The summed E-state index contributed by atoms with van der Waals surface area (Å²) in [7, 11) is 5.64. The fourth-order valence-corrected chi connectivity index (χ4v) is 3.09. The van der Waals surface area contributed by atoms with Crippen LogP contribution in [0.3, 0.4) is 0 Å². The maximum atomic E-state index is 12.5. The van der Waals surface area contributed by atoms with Crippen LogP contribution in [0.1, 0.15) is 27.5 Å². The van der Waals surface area contributed by atoms with Crippen molar-refractivity contribution < 1.29 is 9.53 Å². The van der Waals surface area contributed by atoms with Gasteiger partial charge in [-0.15, -0.1) is 0 Å². The van der Waals surface area contributed by atoms with E-state index in [4.69, 9.17) is 4.74 Å². The van der Waals surface area contributed by atoms with E-state index in [1.807, 2.05) is 56.0 Å². The van der Waals surface area contributed by atoms with Gasteiger partial charge in [0.1, 0.15) is 5.75 Å². The van der Waals surface area contributed by atoms with Gasteiger partial charge in [-0.1, -0.05) is 12.1 Å². The Labute approximate surface area is 135 Å². The number of hydrogen-bond acceptors (Lipinski definition) is 4. The number of aryl methyl sites for hydroxylation is 1. The third-order valence-corrected chi connectivity index (χ3v) is 4.33. The molecule has 1 amide bonds. The first-order valence-corrected chi connectivity index (χ1v) is 8.08. The number of likely N-dealkylation sites (N-methyl/N-ethyl adjacent to an activating group) is 1. The zero-order valence-corrected chi connectivity index (χ0v) is 14.2. The van der Waals surface area contributed by atoms with E-state index in [0.717, 1.165) is 29.0 Å². The molecular formula is C17H22N2O2S. The van der Waals surface area contributed by atoms with Crippen molar-refractivity contribution in [2.45, 2.75) is 13.0 Å². The molecule has 0 bridgehead atoms. The summed E-state index contributed by atoms with van der Waals surface area (Å²) in [5, 5.41) is 7.01. The minimum Gasteiger partial charge on any atom is -0.497 e. The molecule has 118 valence electrons. The van der Waals surface area contributed by atoms with E-state index in [1.54, 1.807) is 18.4 Å². The van der Waals surface area contributed by atoms with E-state index < -0.39 is 0 Å². The van der Waals surface area contributed by atoms with Crippen molar-refractivity contribution in [1.82, 2.24) is 10.2 Å². The van der Waals surface area contributed by atoms with Gasteiger partial charge >= 0.3 is 0 Å². The Morgan fingerprint density at radius 2 is 1.95 bits per heavy atom. The van der Waals surface area contributed by atoms with Gasteiger partial charge in [0.25, 0.3) is 5.91 Å². The van der Waals surface area contributed by atoms with Crippen LogP contribution in [0, 0.1) is 6.92 Å². The summed E-state index contributed by atoms with van der Waals surface area (Å²) >= 11 is 1.55. The first-order chi connectivity index (χ1) is 10.5. The highest BCUT2D eigenvalue weighted by atomic mass is 32.1. The van der Waals surface area contributed by atoms with Crippen LogP contribution >= 0.6 is 11.3 Å². The lowest BCUT2D eigenvalue weighted by atomic mass is 10.1. The van der Waals surface area contributed by atoms with E-state index in [9.17, 15) is 4.79 Å². The molecule has 1 heterocycles. The lowest BCUT2D eigenvalue weighted by Crippen LogP contribution is -2.35. The van der Waals surface area contributed by atoms with Crippen molar-refractivity contribution in [2.24, 2.45) is 0 Å². The first kappa shape index (κ1) is 16.5. The van der Waals surface area contributed by atoms with Crippen molar-refractivity contribution in [3.63, 3.8) is 0 Å². The molecule has 0 aliphatic heterocycles. The van der Waals surface area contributed by atoms with Crippen LogP contribution in [0.15, 0.2) is 35.0 Å². The SMILES string of the molecule is COc1ccc([C@@H](CN(C)C)NC(=O)c2cscc2C)cc1. The average Bonchev–Trinajstić information content (AvgIpc) is 2.92. The number of thiophene rings is 1. The van der Waals surface area contributed by atoms with E-state index in [-0.39, 0.29) is 11.9 Å². The molecule has 0 unspecified atom stereocenters. The highest BCUT2D eigenvalue weighted by molar-refractivity contribution is 7.08. The zero-order valence-electron chi connectivity index (χ0n) is 13.4. The maximum absolute atomic E-state index is 12.5. The van der Waals surface area contributed by atoms with Crippen LogP contribution < -0.4 is 10.1 Å². The number of nitrogens with one attached hydrogen (secondary N) is 1. The van der Waals surface area contributed by atoms with E-state index in [2.05, 4.69) is 10.2 Å². The maximum Gasteiger partial charge on any atom is 0.252 e. The summed E-state index contributed by atoms with van der Waals surface area (Å²) in [4.78, 5) is 14.5. The lowest BCUT2D eigenvalue weighted by Gasteiger charge is -2.23. The van der Waals surface area contributed by atoms with Gasteiger partial charge in [0, 0.05) is 11.9 Å². The smallest absolute Gasteiger partial charge is 0.252 e. The summed E-state index contributed by atoms with van der Waals surface area (Å²) < 4.78 is 5.19. The first-order valence-electron chi connectivity index (χ1n) is 7.13. The van der Waals surface area contributed by atoms with Crippen molar-refractivity contribution in [3.8, 4) is 5.75 Å². The Hall–Kier alpha value is -1.85. The number of benzene rings is 1. The molecule has 0 saturated carbocycles. The van der Waals surface area contributed by atoms with Crippen molar-refractivity contribution >= 4 is 17.2 Å². The second-order valence-electron chi connectivity index (χ2n) is 5.53. The van der Waals surface area contributed by atoms with Gasteiger partial charge in [-0.3, -0.25) is 4.79 Å². The zero-order chi connectivity index (χ0) is 16.1. The number of hydrogen-bond donors (Lipinski definition) is 1. The fourth-order valence-electron chi connectivity index (χ4n) is 2.26. The van der Waals surface area contributed by atoms with E-state index in [0.29, 0.717) is 0 Å². The second-order valence-corrected chi connectivity index (χ2v) is 6.27. The van der Waals surface area contributed by atoms with Crippen LogP contribution in [0.25, 0.3) is 0 Å². The van der Waals surface area contributed by atoms with Gasteiger partial charge < -0.3 is 15.0 Å². The number of carbonyl (C=O) groups is 1. The normalized spacial score (nSPS) is 12.2. The highest BCUT2D eigenvalue weighted by Crippen LogP contribution is 2.20. The quantitative estimate of drug-likeness (QED) is 0.890. The van der Waals surface area contributed by atoms with Crippen molar-refractivity contribution in [3.05, 3.63) is 51.7 Å². The topological polar surface area (TPSA) is 41.6 Å². The number of methoxy groups -OCH3 is 1. The van der Waals surface area contributed by atoms with E-state index >= 15 is 0 Å². The number of ether oxygens (including phenoxy) is 1. The molecule has 1 N–H and O–H groups in total. The van der Waals surface area contributed by atoms with Crippen LogP contribution in [-0.2, 0) is 0 Å². The van der Waals surface area contributed by atoms with Gasteiger partial charge in [-0.05, 0) is 49.7 Å². The van der Waals surface area contributed by atoms with Crippen LogP contribution in [0.5, 0.6) is 5.75 Å². The molecule has 0 fully saturated rings. The number of amides is 1.